The van der Waals surface area contributed by atoms with Gasteiger partial charge in [0.25, 0.3) is 5.56 Å². The van der Waals surface area contributed by atoms with Crippen molar-refractivity contribution < 1.29 is 0 Å². The fourth-order valence-electron chi connectivity index (χ4n) is 2.15. The molecule has 2 heterocycles. The fraction of sp³-hybridized carbons (Fsp3) is 0.375. The van der Waals surface area contributed by atoms with Crippen LogP contribution in [0, 0.1) is 17.8 Å². The van der Waals surface area contributed by atoms with E-state index in [1.165, 1.54) is 6.20 Å². The summed E-state index contributed by atoms with van der Waals surface area (Å²) in [5.41, 5.74) is 1.46. The Morgan fingerprint density at radius 1 is 1.27 bits per heavy atom. The molecule has 1 aliphatic rings. The first-order valence-corrected chi connectivity index (χ1v) is 7.26. The van der Waals surface area contributed by atoms with E-state index in [0.717, 1.165) is 18.4 Å². The lowest BCUT2D eigenvalue weighted by atomic mass is 10.1. The highest BCUT2D eigenvalue weighted by molar-refractivity contribution is 5.58. The normalized spacial score (nSPS) is 13.8. The van der Waals surface area contributed by atoms with Crippen molar-refractivity contribution in [1.82, 2.24) is 20.2 Å². The van der Waals surface area contributed by atoms with Crippen LogP contribution in [0.3, 0.4) is 0 Å². The largest absolute Gasteiger partial charge is 0.325 e. The van der Waals surface area contributed by atoms with Crippen LogP contribution in [0.5, 0.6) is 0 Å². The van der Waals surface area contributed by atoms with E-state index in [-0.39, 0.29) is 5.92 Å². The summed E-state index contributed by atoms with van der Waals surface area (Å²) in [7, 11) is 0. The quantitative estimate of drug-likeness (QED) is 0.820. The highest BCUT2D eigenvalue weighted by Gasteiger charge is 2.27. The Balaban J connectivity index is 2.08. The van der Waals surface area contributed by atoms with Gasteiger partial charge in [0.05, 0.1) is 5.56 Å². The molecular weight excluding hydrogens is 280 g/mol. The summed E-state index contributed by atoms with van der Waals surface area (Å²) in [6.45, 7) is 4.04. The highest BCUT2D eigenvalue weighted by atomic mass is 16.2. The first kappa shape index (κ1) is 14.3. The van der Waals surface area contributed by atoms with Crippen LogP contribution in [0.15, 0.2) is 21.9 Å². The van der Waals surface area contributed by atoms with E-state index in [1.807, 2.05) is 19.9 Å². The molecule has 0 amide bonds. The second kappa shape index (κ2) is 5.60. The van der Waals surface area contributed by atoms with Gasteiger partial charge in [-0.2, -0.15) is 0 Å². The Labute approximate surface area is 127 Å². The summed E-state index contributed by atoms with van der Waals surface area (Å²) in [6.07, 6.45) is 3.56. The predicted molar refractivity (Wildman–Crippen MR) is 82.4 cm³/mol. The monoisotopic (exact) mass is 296 g/mol. The average molecular weight is 296 g/mol. The van der Waals surface area contributed by atoms with E-state index in [9.17, 15) is 9.59 Å². The molecule has 2 aromatic rings. The lowest BCUT2D eigenvalue weighted by Gasteiger charge is -2.04. The number of nitrogens with zero attached hydrogens (tertiary/aromatic N) is 2. The Bertz CT molecular complexity index is 879. The first-order chi connectivity index (χ1) is 10.5. The summed E-state index contributed by atoms with van der Waals surface area (Å²) >= 11 is 0. The Hall–Kier alpha value is -2.68. The van der Waals surface area contributed by atoms with E-state index in [4.69, 9.17) is 0 Å². The van der Waals surface area contributed by atoms with Gasteiger partial charge in [-0.05, 0) is 36.3 Å². The zero-order valence-electron chi connectivity index (χ0n) is 12.4. The summed E-state index contributed by atoms with van der Waals surface area (Å²) in [6, 6.07) is 1.86. The van der Waals surface area contributed by atoms with Gasteiger partial charge in [-0.25, -0.2) is 4.79 Å². The van der Waals surface area contributed by atoms with Crippen molar-refractivity contribution in [2.24, 2.45) is 5.92 Å². The van der Waals surface area contributed by atoms with Crippen LogP contribution in [0.1, 0.15) is 43.9 Å². The topological polar surface area (TPSA) is 91.5 Å². The molecule has 0 aromatic carbocycles. The molecule has 3 rings (SSSR count). The van der Waals surface area contributed by atoms with Gasteiger partial charge in [0.1, 0.15) is 11.4 Å². The van der Waals surface area contributed by atoms with Crippen LogP contribution in [-0.2, 0) is 0 Å². The second-order valence-corrected chi connectivity index (χ2v) is 5.72. The number of rotatable bonds is 2. The van der Waals surface area contributed by atoms with Crippen molar-refractivity contribution in [3.8, 4) is 23.1 Å². The van der Waals surface area contributed by atoms with E-state index in [0.29, 0.717) is 22.9 Å². The molecule has 0 unspecified atom stereocenters. The lowest BCUT2D eigenvalue weighted by Crippen LogP contribution is -2.23. The number of aromatic amines is 2. The van der Waals surface area contributed by atoms with Gasteiger partial charge in [0, 0.05) is 12.1 Å². The minimum absolute atomic E-state index is 0.260. The first-order valence-electron chi connectivity index (χ1n) is 7.26. The molecule has 0 atom stereocenters. The second-order valence-electron chi connectivity index (χ2n) is 5.72. The predicted octanol–water partition coefficient (Wildman–Crippen LogP) is 1.41. The summed E-state index contributed by atoms with van der Waals surface area (Å²) in [5, 5.41) is 8.28. The molecule has 112 valence electrons. The maximum Gasteiger partial charge on any atom is 0.325 e. The van der Waals surface area contributed by atoms with Crippen LogP contribution in [0.25, 0.3) is 11.3 Å². The minimum atomic E-state index is -0.538. The van der Waals surface area contributed by atoms with Crippen LogP contribution in [0.2, 0.25) is 0 Å². The van der Waals surface area contributed by atoms with Crippen molar-refractivity contribution in [3.05, 3.63) is 44.4 Å². The standard InChI is InChI=1S/C16H16N4O2/c1-9(2)3-6-13-11(10-4-5-10)7-14(20-19-13)12-8-17-16(22)18-15(12)21/h7-10H,4-5H2,1-2H3,(H2,17,18,21,22). The van der Waals surface area contributed by atoms with E-state index < -0.39 is 11.2 Å². The molecule has 22 heavy (non-hydrogen) atoms. The number of aromatic nitrogens is 4. The van der Waals surface area contributed by atoms with Crippen molar-refractivity contribution >= 4 is 0 Å². The third-order valence-corrected chi connectivity index (χ3v) is 3.42. The fourth-order valence-corrected chi connectivity index (χ4v) is 2.15. The van der Waals surface area contributed by atoms with Gasteiger partial charge in [0.2, 0.25) is 0 Å². The molecule has 0 spiro atoms. The third-order valence-electron chi connectivity index (χ3n) is 3.42. The summed E-state index contributed by atoms with van der Waals surface area (Å²) in [5.74, 6) is 6.86. The van der Waals surface area contributed by atoms with E-state index in [2.05, 4.69) is 32.0 Å². The smallest absolute Gasteiger partial charge is 0.313 e. The van der Waals surface area contributed by atoms with E-state index in [1.54, 1.807) is 0 Å². The van der Waals surface area contributed by atoms with Crippen LogP contribution in [-0.4, -0.2) is 20.2 Å². The number of hydrogen-bond donors (Lipinski definition) is 2. The molecular formula is C16H16N4O2. The third kappa shape index (κ3) is 2.98. The zero-order chi connectivity index (χ0) is 15.7. The molecule has 1 fully saturated rings. The van der Waals surface area contributed by atoms with Gasteiger partial charge < -0.3 is 4.98 Å². The maximum atomic E-state index is 11.9. The number of nitrogens with one attached hydrogen (secondary N) is 2. The molecule has 0 bridgehead atoms. The molecule has 2 N–H and O–H groups in total. The molecule has 0 radical (unpaired) electrons. The zero-order valence-corrected chi connectivity index (χ0v) is 12.4. The Kier molecular flexibility index (Phi) is 3.63. The Morgan fingerprint density at radius 3 is 2.68 bits per heavy atom. The lowest BCUT2D eigenvalue weighted by molar-refractivity contribution is 0.865. The molecule has 6 heteroatoms. The van der Waals surface area contributed by atoms with Gasteiger partial charge in [-0.15, -0.1) is 10.2 Å². The molecule has 1 aliphatic carbocycles. The van der Waals surface area contributed by atoms with Crippen LogP contribution in [0.4, 0.5) is 0 Å². The maximum absolute atomic E-state index is 11.9. The summed E-state index contributed by atoms with van der Waals surface area (Å²) in [4.78, 5) is 27.6. The van der Waals surface area contributed by atoms with Crippen molar-refractivity contribution in [2.75, 3.05) is 0 Å². The SMILES string of the molecule is CC(C)C#Cc1nnc(-c2c[nH]c(=O)[nH]c2=O)cc1C1CC1. The molecule has 6 nitrogen and oxygen atoms in total. The molecule has 0 aliphatic heterocycles. The molecule has 0 saturated heterocycles. The summed E-state index contributed by atoms with van der Waals surface area (Å²) < 4.78 is 0. The van der Waals surface area contributed by atoms with Crippen LogP contribution < -0.4 is 11.2 Å². The van der Waals surface area contributed by atoms with Crippen LogP contribution >= 0.6 is 0 Å². The van der Waals surface area contributed by atoms with E-state index >= 15 is 0 Å². The van der Waals surface area contributed by atoms with Crippen molar-refractivity contribution in [3.63, 3.8) is 0 Å². The number of H-pyrrole nitrogens is 2. The van der Waals surface area contributed by atoms with Gasteiger partial charge in [-0.3, -0.25) is 9.78 Å². The number of hydrogen-bond acceptors (Lipinski definition) is 4. The molecule has 1 saturated carbocycles. The minimum Gasteiger partial charge on any atom is -0.313 e. The highest BCUT2D eigenvalue weighted by Crippen LogP contribution is 2.41. The average Bonchev–Trinajstić information content (AvgIpc) is 3.29. The van der Waals surface area contributed by atoms with Gasteiger partial charge >= 0.3 is 5.69 Å². The van der Waals surface area contributed by atoms with Gasteiger partial charge in [0.15, 0.2) is 0 Å². The van der Waals surface area contributed by atoms with Gasteiger partial charge in [-0.1, -0.05) is 19.8 Å². The van der Waals surface area contributed by atoms with Crippen molar-refractivity contribution in [2.45, 2.75) is 32.6 Å². The molecule has 2 aromatic heterocycles. The van der Waals surface area contributed by atoms with Crippen molar-refractivity contribution in [1.29, 1.82) is 0 Å². The Morgan fingerprint density at radius 2 is 2.05 bits per heavy atom.